The number of amides is 2. The zero-order valence-corrected chi connectivity index (χ0v) is 12.8. The molecule has 0 aliphatic rings. The molecule has 1 aromatic rings. The van der Waals surface area contributed by atoms with Crippen molar-refractivity contribution < 1.29 is 9.53 Å². The summed E-state index contributed by atoms with van der Waals surface area (Å²) in [5, 5.41) is 3.39. The third kappa shape index (κ3) is 4.03. The molecule has 0 aliphatic carbocycles. The van der Waals surface area contributed by atoms with Gasteiger partial charge in [-0.15, -0.1) is 0 Å². The van der Waals surface area contributed by atoms with Crippen LogP contribution in [0.5, 0.6) is 5.75 Å². The molecule has 5 heteroatoms. The second kappa shape index (κ2) is 6.15. The Bertz CT molecular complexity index is 455. The number of rotatable bonds is 3. The lowest BCUT2D eigenvalue weighted by Crippen LogP contribution is -2.47. The number of urea groups is 1. The minimum absolute atomic E-state index is 0.171. The summed E-state index contributed by atoms with van der Waals surface area (Å²) < 4.78 is 5.21. The molecule has 106 valence electrons. The van der Waals surface area contributed by atoms with Crippen molar-refractivity contribution in [1.29, 1.82) is 0 Å². The van der Waals surface area contributed by atoms with Crippen molar-refractivity contribution >= 4 is 23.3 Å². The quantitative estimate of drug-likeness (QED) is 0.911. The standard InChI is InChI=1S/C14H21ClN2O2/c1-6-17(14(2,3)4)13(18)16-11-9-10(15)7-8-12(11)19-5/h7-9H,6H2,1-5H3,(H,16,18). The molecule has 0 spiro atoms. The van der Waals surface area contributed by atoms with Crippen molar-refractivity contribution in [3.63, 3.8) is 0 Å². The third-order valence-electron chi connectivity index (χ3n) is 2.77. The molecule has 19 heavy (non-hydrogen) atoms. The number of carbonyl (C=O) groups excluding carboxylic acids is 1. The first kappa shape index (κ1) is 15.6. The number of hydrogen-bond acceptors (Lipinski definition) is 2. The predicted molar refractivity (Wildman–Crippen MR) is 79.2 cm³/mol. The van der Waals surface area contributed by atoms with Crippen molar-refractivity contribution in [3.8, 4) is 5.75 Å². The number of nitrogens with one attached hydrogen (secondary N) is 1. The molecule has 1 N–H and O–H groups in total. The lowest BCUT2D eigenvalue weighted by atomic mass is 10.1. The lowest BCUT2D eigenvalue weighted by molar-refractivity contribution is 0.162. The predicted octanol–water partition coefficient (Wildman–Crippen LogP) is 4.00. The van der Waals surface area contributed by atoms with Gasteiger partial charge in [0, 0.05) is 17.1 Å². The Morgan fingerprint density at radius 3 is 2.53 bits per heavy atom. The van der Waals surface area contributed by atoms with Crippen LogP contribution >= 0.6 is 11.6 Å². The average Bonchev–Trinajstić information content (AvgIpc) is 2.28. The molecule has 2 amide bonds. The van der Waals surface area contributed by atoms with E-state index in [1.54, 1.807) is 30.2 Å². The normalized spacial score (nSPS) is 11.1. The monoisotopic (exact) mass is 284 g/mol. The van der Waals surface area contributed by atoms with Gasteiger partial charge >= 0.3 is 6.03 Å². The van der Waals surface area contributed by atoms with Crippen LogP contribution in [0.25, 0.3) is 0 Å². The van der Waals surface area contributed by atoms with Gasteiger partial charge in [0.15, 0.2) is 0 Å². The van der Waals surface area contributed by atoms with Crippen LogP contribution in [0.4, 0.5) is 10.5 Å². The van der Waals surface area contributed by atoms with Crippen LogP contribution in [0.1, 0.15) is 27.7 Å². The lowest BCUT2D eigenvalue weighted by Gasteiger charge is -2.34. The fourth-order valence-electron chi connectivity index (χ4n) is 1.88. The van der Waals surface area contributed by atoms with Crippen LogP contribution in [0.3, 0.4) is 0 Å². The summed E-state index contributed by atoms with van der Waals surface area (Å²) in [6, 6.07) is 4.95. The van der Waals surface area contributed by atoms with E-state index in [2.05, 4.69) is 5.32 Å². The smallest absolute Gasteiger partial charge is 0.322 e. The van der Waals surface area contributed by atoms with E-state index in [1.165, 1.54) is 0 Å². The molecule has 0 atom stereocenters. The van der Waals surface area contributed by atoms with Gasteiger partial charge in [0.25, 0.3) is 0 Å². The number of anilines is 1. The molecule has 0 aliphatic heterocycles. The summed E-state index contributed by atoms with van der Waals surface area (Å²) >= 11 is 5.94. The Hall–Kier alpha value is -1.42. The Labute approximate surface area is 119 Å². The SMILES string of the molecule is CCN(C(=O)Nc1cc(Cl)ccc1OC)C(C)(C)C. The highest BCUT2D eigenvalue weighted by molar-refractivity contribution is 6.31. The summed E-state index contributed by atoms with van der Waals surface area (Å²) in [7, 11) is 1.56. The fraction of sp³-hybridized carbons (Fsp3) is 0.500. The van der Waals surface area contributed by atoms with Gasteiger partial charge in [-0.2, -0.15) is 0 Å². The van der Waals surface area contributed by atoms with Crippen LogP contribution in [0.2, 0.25) is 5.02 Å². The molecule has 1 rings (SSSR count). The fourth-order valence-corrected chi connectivity index (χ4v) is 2.06. The highest BCUT2D eigenvalue weighted by Crippen LogP contribution is 2.28. The number of benzene rings is 1. The van der Waals surface area contributed by atoms with Gasteiger partial charge in [-0.05, 0) is 45.9 Å². The molecule has 0 bridgehead atoms. The van der Waals surface area contributed by atoms with E-state index in [9.17, 15) is 4.79 Å². The van der Waals surface area contributed by atoms with Gasteiger partial charge in [0.2, 0.25) is 0 Å². The van der Waals surface area contributed by atoms with E-state index in [-0.39, 0.29) is 11.6 Å². The summed E-state index contributed by atoms with van der Waals surface area (Å²) in [6.45, 7) is 8.54. The zero-order chi connectivity index (χ0) is 14.6. The molecule has 0 saturated heterocycles. The van der Waals surface area contributed by atoms with Gasteiger partial charge in [0.1, 0.15) is 5.75 Å². The van der Waals surface area contributed by atoms with E-state index < -0.39 is 0 Å². The highest BCUT2D eigenvalue weighted by Gasteiger charge is 2.25. The molecule has 0 aromatic heterocycles. The topological polar surface area (TPSA) is 41.6 Å². The van der Waals surface area contributed by atoms with Gasteiger partial charge < -0.3 is 15.0 Å². The zero-order valence-electron chi connectivity index (χ0n) is 12.1. The summed E-state index contributed by atoms with van der Waals surface area (Å²) in [5.74, 6) is 0.586. The van der Waals surface area contributed by atoms with E-state index in [1.807, 2.05) is 27.7 Å². The second-order valence-corrected chi connectivity index (χ2v) is 5.63. The number of ether oxygens (including phenoxy) is 1. The van der Waals surface area contributed by atoms with Crippen LogP contribution in [0.15, 0.2) is 18.2 Å². The number of methoxy groups -OCH3 is 1. The van der Waals surface area contributed by atoms with Crippen molar-refractivity contribution in [3.05, 3.63) is 23.2 Å². The minimum atomic E-state index is -0.245. The van der Waals surface area contributed by atoms with Gasteiger partial charge in [0.05, 0.1) is 12.8 Å². The highest BCUT2D eigenvalue weighted by atomic mass is 35.5. The molecular weight excluding hydrogens is 264 g/mol. The molecule has 0 heterocycles. The van der Waals surface area contributed by atoms with Crippen molar-refractivity contribution in [2.75, 3.05) is 19.0 Å². The maximum absolute atomic E-state index is 12.3. The maximum Gasteiger partial charge on any atom is 0.322 e. The molecule has 4 nitrogen and oxygen atoms in total. The average molecular weight is 285 g/mol. The van der Waals surface area contributed by atoms with Gasteiger partial charge in [-0.25, -0.2) is 4.79 Å². The van der Waals surface area contributed by atoms with E-state index in [0.29, 0.717) is 23.0 Å². The van der Waals surface area contributed by atoms with E-state index in [0.717, 1.165) is 0 Å². The maximum atomic E-state index is 12.3. The number of hydrogen-bond donors (Lipinski definition) is 1. The molecule has 0 unspecified atom stereocenters. The first-order valence-electron chi connectivity index (χ1n) is 6.21. The van der Waals surface area contributed by atoms with Gasteiger partial charge in [-0.1, -0.05) is 11.6 Å². The Balaban J connectivity index is 2.96. The minimum Gasteiger partial charge on any atom is -0.495 e. The molecule has 0 radical (unpaired) electrons. The Morgan fingerprint density at radius 1 is 1.42 bits per heavy atom. The van der Waals surface area contributed by atoms with Crippen LogP contribution in [-0.4, -0.2) is 30.1 Å². The van der Waals surface area contributed by atoms with Crippen LogP contribution in [0, 0.1) is 0 Å². The summed E-state index contributed by atoms with van der Waals surface area (Å²) in [4.78, 5) is 14.0. The van der Waals surface area contributed by atoms with E-state index in [4.69, 9.17) is 16.3 Å². The van der Waals surface area contributed by atoms with E-state index >= 15 is 0 Å². The first-order chi connectivity index (χ1) is 8.79. The van der Waals surface area contributed by atoms with Crippen LogP contribution < -0.4 is 10.1 Å². The molecule has 0 fully saturated rings. The Kier molecular flexibility index (Phi) is 5.06. The van der Waals surface area contributed by atoms with Crippen molar-refractivity contribution in [2.45, 2.75) is 33.2 Å². The van der Waals surface area contributed by atoms with Crippen LogP contribution in [-0.2, 0) is 0 Å². The number of halogens is 1. The summed E-state index contributed by atoms with van der Waals surface area (Å²) in [5.41, 5.74) is 0.327. The van der Waals surface area contributed by atoms with Gasteiger partial charge in [-0.3, -0.25) is 0 Å². The Morgan fingerprint density at radius 2 is 2.05 bits per heavy atom. The molecular formula is C14H21ClN2O2. The van der Waals surface area contributed by atoms with Crippen molar-refractivity contribution in [2.24, 2.45) is 0 Å². The van der Waals surface area contributed by atoms with Crippen molar-refractivity contribution in [1.82, 2.24) is 4.90 Å². The first-order valence-corrected chi connectivity index (χ1v) is 6.59. The summed E-state index contributed by atoms with van der Waals surface area (Å²) in [6.07, 6.45) is 0. The largest absolute Gasteiger partial charge is 0.495 e. The number of nitrogens with zero attached hydrogens (tertiary/aromatic N) is 1. The molecule has 0 saturated carbocycles. The number of carbonyl (C=O) groups is 1. The molecule has 1 aromatic carbocycles. The third-order valence-corrected chi connectivity index (χ3v) is 3.01. The second-order valence-electron chi connectivity index (χ2n) is 5.19.